The molecule has 0 aliphatic heterocycles. The minimum Gasteiger partial charge on any atom is -0.312 e. The van der Waals surface area contributed by atoms with Gasteiger partial charge in [0.2, 0.25) is 0 Å². The van der Waals surface area contributed by atoms with Crippen molar-refractivity contribution in [2.75, 3.05) is 19.6 Å². The van der Waals surface area contributed by atoms with Crippen LogP contribution in [-0.4, -0.2) is 36.6 Å². The van der Waals surface area contributed by atoms with E-state index in [1.165, 1.54) is 83.8 Å². The molecule has 20 heavy (non-hydrogen) atoms. The van der Waals surface area contributed by atoms with Crippen molar-refractivity contribution >= 4 is 0 Å². The molecule has 0 radical (unpaired) electrons. The number of hydrogen-bond acceptors (Lipinski definition) is 2. The molecule has 2 heteroatoms. The molecule has 0 saturated heterocycles. The van der Waals surface area contributed by atoms with Crippen LogP contribution in [0.3, 0.4) is 0 Å². The summed E-state index contributed by atoms with van der Waals surface area (Å²) in [5.41, 5.74) is 0. The van der Waals surface area contributed by atoms with Crippen LogP contribution in [0.2, 0.25) is 0 Å². The Balaban J connectivity index is 1.97. The Kier molecular flexibility index (Phi) is 7.37. The Labute approximate surface area is 126 Å². The highest BCUT2D eigenvalue weighted by Gasteiger charge is 2.31. The molecule has 0 aromatic carbocycles. The highest BCUT2D eigenvalue weighted by molar-refractivity contribution is 4.89. The van der Waals surface area contributed by atoms with Gasteiger partial charge in [-0.2, -0.15) is 0 Å². The normalized spacial score (nSPS) is 28.4. The monoisotopic (exact) mass is 280 g/mol. The Morgan fingerprint density at radius 3 is 2.30 bits per heavy atom. The van der Waals surface area contributed by atoms with Crippen LogP contribution in [-0.2, 0) is 0 Å². The van der Waals surface area contributed by atoms with Crippen molar-refractivity contribution in [3.63, 3.8) is 0 Å². The first-order valence-electron chi connectivity index (χ1n) is 9.32. The zero-order valence-electron chi connectivity index (χ0n) is 13.9. The lowest BCUT2D eigenvalue weighted by Crippen LogP contribution is -2.51. The summed E-state index contributed by atoms with van der Waals surface area (Å²) in [5, 5.41) is 3.88. The Hall–Kier alpha value is -0.0800. The molecule has 2 atom stereocenters. The van der Waals surface area contributed by atoms with Crippen LogP contribution >= 0.6 is 0 Å². The largest absolute Gasteiger partial charge is 0.312 e. The lowest BCUT2D eigenvalue weighted by molar-refractivity contribution is 0.127. The minimum absolute atomic E-state index is 0.751. The molecule has 0 amide bonds. The third-order valence-electron chi connectivity index (χ3n) is 5.06. The standard InChI is InChI=1S/C18H36N2/c1-3-13-19-17-9-7-5-6-8-10-18(17)20(14-4-2)15-16-11-12-16/h16-19H,3-15H2,1-2H3. The summed E-state index contributed by atoms with van der Waals surface area (Å²) in [6, 6.07) is 1.56. The van der Waals surface area contributed by atoms with E-state index in [1.807, 2.05) is 0 Å². The summed E-state index contributed by atoms with van der Waals surface area (Å²) in [6.45, 7) is 8.52. The van der Waals surface area contributed by atoms with E-state index < -0.39 is 0 Å². The van der Waals surface area contributed by atoms with E-state index in [0.29, 0.717) is 0 Å². The maximum Gasteiger partial charge on any atom is 0.0249 e. The summed E-state index contributed by atoms with van der Waals surface area (Å²) in [7, 11) is 0. The van der Waals surface area contributed by atoms with Crippen LogP contribution in [0.1, 0.15) is 78.1 Å². The predicted octanol–water partition coefficient (Wildman–Crippen LogP) is 4.20. The van der Waals surface area contributed by atoms with Gasteiger partial charge in [-0.25, -0.2) is 0 Å². The molecule has 0 aromatic rings. The van der Waals surface area contributed by atoms with Gasteiger partial charge in [-0.3, -0.25) is 4.90 Å². The molecular formula is C18H36N2. The fraction of sp³-hybridized carbons (Fsp3) is 1.00. The summed E-state index contributed by atoms with van der Waals surface area (Å²) in [6.07, 6.45) is 14.2. The molecule has 2 unspecified atom stereocenters. The summed E-state index contributed by atoms with van der Waals surface area (Å²) >= 11 is 0. The van der Waals surface area contributed by atoms with Crippen LogP contribution in [0.15, 0.2) is 0 Å². The average molecular weight is 280 g/mol. The third kappa shape index (κ3) is 5.37. The molecule has 118 valence electrons. The first kappa shape index (κ1) is 16.3. The fourth-order valence-corrected chi connectivity index (χ4v) is 3.78. The van der Waals surface area contributed by atoms with Crippen molar-refractivity contribution in [2.45, 2.75) is 90.1 Å². The lowest BCUT2D eigenvalue weighted by atomic mass is 9.90. The second-order valence-corrected chi connectivity index (χ2v) is 7.06. The van der Waals surface area contributed by atoms with Gasteiger partial charge in [0.15, 0.2) is 0 Å². The Bertz CT molecular complexity index is 248. The van der Waals surface area contributed by atoms with Gasteiger partial charge >= 0.3 is 0 Å². The number of hydrogen-bond donors (Lipinski definition) is 1. The highest BCUT2D eigenvalue weighted by atomic mass is 15.2. The van der Waals surface area contributed by atoms with Crippen LogP contribution < -0.4 is 5.32 Å². The molecule has 0 spiro atoms. The molecule has 1 N–H and O–H groups in total. The van der Waals surface area contributed by atoms with Crippen LogP contribution in [0.25, 0.3) is 0 Å². The average Bonchev–Trinajstić information content (AvgIpc) is 3.22. The van der Waals surface area contributed by atoms with Gasteiger partial charge < -0.3 is 5.32 Å². The van der Waals surface area contributed by atoms with Crippen molar-refractivity contribution in [1.82, 2.24) is 10.2 Å². The maximum atomic E-state index is 3.88. The van der Waals surface area contributed by atoms with Crippen molar-refractivity contribution in [3.05, 3.63) is 0 Å². The van der Waals surface area contributed by atoms with Gasteiger partial charge in [-0.1, -0.05) is 39.5 Å². The van der Waals surface area contributed by atoms with E-state index in [9.17, 15) is 0 Å². The summed E-state index contributed by atoms with van der Waals surface area (Å²) in [4.78, 5) is 2.86. The SMILES string of the molecule is CCCNC1CCCCCCC1N(CCC)CC1CC1. The third-order valence-corrected chi connectivity index (χ3v) is 5.06. The van der Waals surface area contributed by atoms with Gasteiger partial charge in [0.1, 0.15) is 0 Å². The van der Waals surface area contributed by atoms with Crippen molar-refractivity contribution in [1.29, 1.82) is 0 Å². The van der Waals surface area contributed by atoms with Crippen LogP contribution in [0.5, 0.6) is 0 Å². The fourth-order valence-electron chi connectivity index (χ4n) is 3.78. The second kappa shape index (κ2) is 9.04. The molecule has 2 aliphatic carbocycles. The van der Waals surface area contributed by atoms with E-state index in [0.717, 1.165) is 18.0 Å². The van der Waals surface area contributed by atoms with Gasteiger partial charge in [0, 0.05) is 18.6 Å². The van der Waals surface area contributed by atoms with Gasteiger partial charge in [0.05, 0.1) is 0 Å². The Morgan fingerprint density at radius 1 is 0.900 bits per heavy atom. The van der Waals surface area contributed by atoms with E-state index in [1.54, 1.807) is 0 Å². The topological polar surface area (TPSA) is 15.3 Å². The molecule has 0 aromatic heterocycles. The lowest BCUT2D eigenvalue weighted by Gasteiger charge is -2.39. The molecule has 2 rings (SSSR count). The molecule has 0 bridgehead atoms. The van der Waals surface area contributed by atoms with E-state index >= 15 is 0 Å². The number of rotatable bonds is 8. The zero-order valence-corrected chi connectivity index (χ0v) is 13.9. The molecular weight excluding hydrogens is 244 g/mol. The molecule has 2 saturated carbocycles. The van der Waals surface area contributed by atoms with Gasteiger partial charge in [-0.05, 0) is 57.5 Å². The van der Waals surface area contributed by atoms with E-state index in [4.69, 9.17) is 0 Å². The Morgan fingerprint density at radius 2 is 1.65 bits per heavy atom. The van der Waals surface area contributed by atoms with Crippen molar-refractivity contribution < 1.29 is 0 Å². The molecule has 2 aliphatic rings. The van der Waals surface area contributed by atoms with Gasteiger partial charge in [0.25, 0.3) is 0 Å². The summed E-state index contributed by atoms with van der Waals surface area (Å²) in [5.74, 6) is 1.03. The first-order valence-corrected chi connectivity index (χ1v) is 9.32. The second-order valence-electron chi connectivity index (χ2n) is 7.06. The smallest absolute Gasteiger partial charge is 0.0249 e. The van der Waals surface area contributed by atoms with Crippen LogP contribution in [0.4, 0.5) is 0 Å². The maximum absolute atomic E-state index is 3.88. The zero-order chi connectivity index (χ0) is 14.2. The van der Waals surface area contributed by atoms with Gasteiger partial charge in [-0.15, -0.1) is 0 Å². The van der Waals surface area contributed by atoms with Crippen molar-refractivity contribution in [3.8, 4) is 0 Å². The quantitative estimate of drug-likeness (QED) is 0.717. The number of nitrogens with zero attached hydrogens (tertiary/aromatic N) is 1. The molecule has 2 fully saturated rings. The van der Waals surface area contributed by atoms with E-state index in [2.05, 4.69) is 24.1 Å². The van der Waals surface area contributed by atoms with E-state index in [-0.39, 0.29) is 0 Å². The number of nitrogens with one attached hydrogen (secondary N) is 1. The first-order chi connectivity index (χ1) is 9.85. The predicted molar refractivity (Wildman–Crippen MR) is 88.2 cm³/mol. The van der Waals surface area contributed by atoms with Crippen LogP contribution in [0, 0.1) is 5.92 Å². The highest BCUT2D eigenvalue weighted by Crippen LogP contribution is 2.32. The van der Waals surface area contributed by atoms with Crippen molar-refractivity contribution in [2.24, 2.45) is 5.92 Å². The summed E-state index contributed by atoms with van der Waals surface area (Å²) < 4.78 is 0. The molecule has 0 heterocycles. The minimum atomic E-state index is 0.751. The molecule has 2 nitrogen and oxygen atoms in total.